The van der Waals surface area contributed by atoms with E-state index in [9.17, 15) is 14.9 Å². The average Bonchev–Trinajstić information content (AvgIpc) is 2.35. The molecule has 2 N–H and O–H groups in total. The highest BCUT2D eigenvalue weighted by Gasteiger charge is 2.15. The summed E-state index contributed by atoms with van der Waals surface area (Å²) in [5, 5.41) is 16.3. The van der Waals surface area contributed by atoms with E-state index in [2.05, 4.69) is 15.6 Å². The summed E-state index contributed by atoms with van der Waals surface area (Å²) in [5.41, 5.74) is -0.666. The fraction of sp³-hybridized carbons (Fsp3) is 0.538. The maximum atomic E-state index is 11.4. The Balaban J connectivity index is 2.33. The number of alkyl carbamates (subject to hydrolysis) is 1. The van der Waals surface area contributed by atoms with Gasteiger partial charge in [0.25, 0.3) is 5.69 Å². The minimum Gasteiger partial charge on any atom is -0.444 e. The standard InChI is InChI=1S/C13H19ClN4O4/c1-13(2,3)22-12(19)16-6-4-5-15-11-8-9(18(20)21)7-10(14)17-11/h7-8H,4-6H2,1-3H3,(H,15,17)(H,16,19). The Morgan fingerprint density at radius 3 is 2.68 bits per heavy atom. The summed E-state index contributed by atoms with van der Waals surface area (Å²) >= 11 is 5.71. The largest absolute Gasteiger partial charge is 0.444 e. The van der Waals surface area contributed by atoms with Crippen molar-refractivity contribution in [2.45, 2.75) is 32.8 Å². The van der Waals surface area contributed by atoms with Crippen molar-refractivity contribution in [2.75, 3.05) is 18.4 Å². The maximum Gasteiger partial charge on any atom is 0.407 e. The Morgan fingerprint density at radius 1 is 1.41 bits per heavy atom. The van der Waals surface area contributed by atoms with Crippen molar-refractivity contribution in [3.8, 4) is 0 Å². The zero-order valence-corrected chi connectivity index (χ0v) is 13.4. The zero-order chi connectivity index (χ0) is 16.8. The maximum absolute atomic E-state index is 11.4. The molecule has 0 saturated carbocycles. The van der Waals surface area contributed by atoms with Crippen LogP contribution in [0.2, 0.25) is 5.15 Å². The van der Waals surface area contributed by atoms with Gasteiger partial charge in [0.2, 0.25) is 0 Å². The van der Waals surface area contributed by atoms with Crippen LogP contribution in [0, 0.1) is 10.1 Å². The third kappa shape index (κ3) is 7.07. The smallest absolute Gasteiger partial charge is 0.407 e. The molecule has 1 aromatic heterocycles. The molecule has 1 rings (SSSR count). The molecule has 0 unspecified atom stereocenters. The summed E-state index contributed by atoms with van der Waals surface area (Å²) in [5.74, 6) is 0.316. The molecule has 1 aromatic rings. The van der Waals surface area contributed by atoms with E-state index in [0.717, 1.165) is 0 Å². The van der Waals surface area contributed by atoms with E-state index in [1.165, 1.54) is 12.1 Å². The molecule has 0 aliphatic carbocycles. The van der Waals surface area contributed by atoms with Crippen LogP contribution in [-0.4, -0.2) is 34.7 Å². The highest BCUT2D eigenvalue weighted by atomic mass is 35.5. The summed E-state index contributed by atoms with van der Waals surface area (Å²) in [7, 11) is 0. The van der Waals surface area contributed by atoms with E-state index in [4.69, 9.17) is 16.3 Å². The minimum absolute atomic E-state index is 0.0450. The number of hydrogen-bond acceptors (Lipinski definition) is 6. The number of nitrogens with zero attached hydrogens (tertiary/aromatic N) is 2. The lowest BCUT2D eigenvalue weighted by molar-refractivity contribution is -0.384. The van der Waals surface area contributed by atoms with Crippen molar-refractivity contribution in [2.24, 2.45) is 0 Å². The molecule has 8 nitrogen and oxygen atoms in total. The van der Waals surface area contributed by atoms with Gasteiger partial charge in [-0.25, -0.2) is 9.78 Å². The fourth-order valence-corrected chi connectivity index (χ4v) is 1.69. The quantitative estimate of drug-likeness (QED) is 0.359. The van der Waals surface area contributed by atoms with Crippen LogP contribution in [-0.2, 0) is 4.74 Å². The van der Waals surface area contributed by atoms with Gasteiger partial charge in [0.05, 0.1) is 17.1 Å². The number of carbonyl (C=O) groups excluding carboxylic acids is 1. The van der Waals surface area contributed by atoms with Gasteiger partial charge in [0.1, 0.15) is 16.6 Å². The van der Waals surface area contributed by atoms with Crippen LogP contribution in [0.15, 0.2) is 12.1 Å². The Kier molecular flexibility index (Phi) is 6.36. The average molecular weight is 331 g/mol. The summed E-state index contributed by atoms with van der Waals surface area (Å²) in [4.78, 5) is 25.5. The second kappa shape index (κ2) is 7.79. The Morgan fingerprint density at radius 2 is 2.09 bits per heavy atom. The lowest BCUT2D eigenvalue weighted by atomic mass is 10.2. The van der Waals surface area contributed by atoms with Gasteiger partial charge in [0, 0.05) is 13.1 Å². The van der Waals surface area contributed by atoms with Gasteiger partial charge >= 0.3 is 6.09 Å². The lowest BCUT2D eigenvalue weighted by Crippen LogP contribution is -2.33. The topological polar surface area (TPSA) is 106 Å². The van der Waals surface area contributed by atoms with E-state index in [0.29, 0.717) is 25.3 Å². The van der Waals surface area contributed by atoms with Crippen LogP contribution in [0.1, 0.15) is 27.2 Å². The third-order valence-corrected chi connectivity index (χ3v) is 2.51. The number of hydrogen-bond donors (Lipinski definition) is 2. The van der Waals surface area contributed by atoms with Crippen LogP contribution in [0.5, 0.6) is 0 Å². The van der Waals surface area contributed by atoms with Gasteiger partial charge in [-0.15, -0.1) is 0 Å². The van der Waals surface area contributed by atoms with Gasteiger partial charge in [0.15, 0.2) is 0 Å². The first kappa shape index (κ1) is 18.0. The van der Waals surface area contributed by atoms with Crippen LogP contribution >= 0.6 is 11.6 Å². The number of aromatic nitrogens is 1. The molecule has 9 heteroatoms. The number of nitro groups is 1. The second-order valence-electron chi connectivity index (χ2n) is 5.50. The van der Waals surface area contributed by atoms with Crippen molar-refractivity contribution in [3.63, 3.8) is 0 Å². The van der Waals surface area contributed by atoms with Gasteiger partial charge < -0.3 is 15.4 Å². The van der Waals surface area contributed by atoms with Crippen molar-refractivity contribution < 1.29 is 14.5 Å². The number of amides is 1. The molecule has 0 spiro atoms. The summed E-state index contributed by atoms with van der Waals surface area (Å²) in [6.45, 7) is 6.23. The summed E-state index contributed by atoms with van der Waals surface area (Å²) < 4.78 is 5.09. The van der Waals surface area contributed by atoms with E-state index in [-0.39, 0.29) is 10.8 Å². The minimum atomic E-state index is -0.539. The molecule has 0 radical (unpaired) electrons. The predicted molar refractivity (Wildman–Crippen MR) is 83.2 cm³/mol. The van der Waals surface area contributed by atoms with E-state index >= 15 is 0 Å². The Hall–Kier alpha value is -2.09. The van der Waals surface area contributed by atoms with Gasteiger partial charge in [-0.3, -0.25) is 10.1 Å². The molecule has 0 aliphatic heterocycles. The predicted octanol–water partition coefficient (Wildman–Crippen LogP) is 2.97. The molecule has 0 saturated heterocycles. The lowest BCUT2D eigenvalue weighted by Gasteiger charge is -2.19. The molecule has 0 aliphatic rings. The number of nitrogens with one attached hydrogen (secondary N) is 2. The molecule has 1 heterocycles. The molecule has 0 bridgehead atoms. The van der Waals surface area contributed by atoms with Crippen molar-refractivity contribution in [1.82, 2.24) is 10.3 Å². The summed E-state index contributed by atoms with van der Waals surface area (Å²) in [6, 6.07) is 2.48. The molecule has 0 atom stereocenters. The van der Waals surface area contributed by atoms with Crippen molar-refractivity contribution in [3.05, 3.63) is 27.4 Å². The van der Waals surface area contributed by atoms with Crippen molar-refractivity contribution in [1.29, 1.82) is 0 Å². The first-order chi connectivity index (χ1) is 10.2. The van der Waals surface area contributed by atoms with E-state index in [1.54, 1.807) is 20.8 Å². The SMILES string of the molecule is CC(C)(C)OC(=O)NCCCNc1cc([N+](=O)[O-])cc(Cl)n1. The zero-order valence-electron chi connectivity index (χ0n) is 12.7. The monoisotopic (exact) mass is 330 g/mol. The highest BCUT2D eigenvalue weighted by Crippen LogP contribution is 2.20. The van der Waals surface area contributed by atoms with Crippen molar-refractivity contribution >= 4 is 29.2 Å². The first-order valence-corrected chi connectivity index (χ1v) is 7.08. The van der Waals surface area contributed by atoms with Crippen LogP contribution in [0.25, 0.3) is 0 Å². The molecule has 0 fully saturated rings. The number of rotatable bonds is 6. The number of anilines is 1. The normalized spacial score (nSPS) is 10.9. The number of ether oxygens (including phenoxy) is 1. The van der Waals surface area contributed by atoms with E-state index in [1.807, 2.05) is 0 Å². The van der Waals surface area contributed by atoms with Crippen LogP contribution < -0.4 is 10.6 Å². The molecular weight excluding hydrogens is 312 g/mol. The second-order valence-corrected chi connectivity index (χ2v) is 5.89. The molecule has 22 heavy (non-hydrogen) atoms. The van der Waals surface area contributed by atoms with Crippen LogP contribution in [0.3, 0.4) is 0 Å². The molecule has 0 aromatic carbocycles. The highest BCUT2D eigenvalue weighted by molar-refractivity contribution is 6.29. The Labute approximate surface area is 133 Å². The summed E-state index contributed by atoms with van der Waals surface area (Å²) in [6.07, 6.45) is 0.116. The molecule has 122 valence electrons. The fourth-order valence-electron chi connectivity index (χ4n) is 1.49. The number of carbonyl (C=O) groups is 1. The Bertz CT molecular complexity index is 545. The number of pyridine rings is 1. The van der Waals surface area contributed by atoms with Crippen LogP contribution in [0.4, 0.5) is 16.3 Å². The van der Waals surface area contributed by atoms with E-state index < -0.39 is 16.6 Å². The van der Waals surface area contributed by atoms with Gasteiger partial charge in [-0.1, -0.05) is 11.6 Å². The molecular formula is C13H19ClN4O4. The number of halogens is 1. The third-order valence-electron chi connectivity index (χ3n) is 2.32. The van der Waals surface area contributed by atoms with Gasteiger partial charge in [-0.2, -0.15) is 0 Å². The molecule has 1 amide bonds. The first-order valence-electron chi connectivity index (χ1n) is 6.70. The van der Waals surface area contributed by atoms with Gasteiger partial charge in [-0.05, 0) is 27.2 Å².